The summed E-state index contributed by atoms with van der Waals surface area (Å²) >= 11 is 0. The van der Waals surface area contributed by atoms with Crippen LogP contribution in [0.5, 0.6) is 0 Å². The zero-order valence-electron chi connectivity index (χ0n) is 14.3. The number of aromatic carboxylic acids is 1. The van der Waals surface area contributed by atoms with Crippen LogP contribution in [-0.2, 0) is 4.79 Å². The normalized spacial score (nSPS) is 15.9. The Balaban J connectivity index is 1.82. The van der Waals surface area contributed by atoms with Crippen molar-refractivity contribution < 1.29 is 14.7 Å². The van der Waals surface area contributed by atoms with E-state index in [9.17, 15) is 14.4 Å². The van der Waals surface area contributed by atoms with Gasteiger partial charge in [-0.15, -0.1) is 0 Å². The van der Waals surface area contributed by atoms with E-state index in [1.165, 1.54) is 28.9 Å². The van der Waals surface area contributed by atoms with Crippen LogP contribution in [0.4, 0.5) is 5.82 Å². The van der Waals surface area contributed by atoms with Crippen molar-refractivity contribution in [2.24, 2.45) is 0 Å². The van der Waals surface area contributed by atoms with Crippen LogP contribution in [0.15, 0.2) is 41.2 Å². The van der Waals surface area contributed by atoms with Crippen molar-refractivity contribution in [3.63, 3.8) is 0 Å². The molecule has 0 radical (unpaired) electrons. The van der Waals surface area contributed by atoms with E-state index in [2.05, 4.69) is 20.6 Å². The molecule has 2 aromatic heterocycles. The molecule has 9 heteroatoms. The van der Waals surface area contributed by atoms with Gasteiger partial charge in [-0.2, -0.15) is 14.9 Å². The number of hydrogen-bond acceptors (Lipinski definition) is 5. The third kappa shape index (κ3) is 2.88. The number of fused-ring (bicyclic) bond motifs is 1. The highest BCUT2D eigenvalue weighted by molar-refractivity contribution is 5.95. The number of benzene rings is 1. The minimum atomic E-state index is -1.00. The van der Waals surface area contributed by atoms with Gasteiger partial charge < -0.3 is 10.4 Å². The summed E-state index contributed by atoms with van der Waals surface area (Å²) in [5.74, 6) is -0.568. The highest BCUT2D eigenvalue weighted by atomic mass is 16.4. The Morgan fingerprint density at radius 1 is 1.19 bits per heavy atom. The van der Waals surface area contributed by atoms with Crippen LogP contribution in [0.2, 0.25) is 0 Å². The molecule has 3 heterocycles. The largest absolute Gasteiger partial charge is 0.478 e. The maximum absolute atomic E-state index is 12.3. The maximum atomic E-state index is 12.3. The van der Waals surface area contributed by atoms with E-state index in [-0.39, 0.29) is 29.4 Å². The van der Waals surface area contributed by atoms with E-state index in [0.717, 1.165) is 11.1 Å². The number of carboxylic acid groups (broad SMARTS) is 1. The van der Waals surface area contributed by atoms with Gasteiger partial charge in [-0.3, -0.25) is 9.59 Å². The summed E-state index contributed by atoms with van der Waals surface area (Å²) < 4.78 is 1.48. The molecule has 3 N–H and O–H groups in total. The summed E-state index contributed by atoms with van der Waals surface area (Å²) in [6, 6.07) is 9.32. The fraction of sp³-hybridized carbons (Fsp3) is 0.167. The van der Waals surface area contributed by atoms with E-state index in [1.807, 2.05) is 6.92 Å². The number of aromatic amines is 1. The molecular formula is C18H15N5O4. The molecule has 1 amide bonds. The van der Waals surface area contributed by atoms with Gasteiger partial charge in [0.15, 0.2) is 5.82 Å². The SMILES string of the molecule is Cc1nn(-c2ccc(=O)[nH]n2)c2c1[C@H](c1ccc(C(=O)O)cc1)CC(=O)N2. The fourth-order valence-electron chi connectivity index (χ4n) is 3.31. The van der Waals surface area contributed by atoms with Crippen molar-refractivity contribution in [2.45, 2.75) is 19.3 Å². The third-order valence-electron chi connectivity index (χ3n) is 4.54. The number of aryl methyl sites for hydroxylation is 1. The Labute approximate surface area is 152 Å². The number of nitrogens with zero attached hydrogens (tertiary/aromatic N) is 3. The monoisotopic (exact) mass is 365 g/mol. The fourth-order valence-corrected chi connectivity index (χ4v) is 3.31. The smallest absolute Gasteiger partial charge is 0.335 e. The predicted molar refractivity (Wildman–Crippen MR) is 95.2 cm³/mol. The molecule has 3 aromatic rings. The first-order valence-corrected chi connectivity index (χ1v) is 8.23. The first-order chi connectivity index (χ1) is 12.9. The number of H-pyrrole nitrogens is 1. The molecule has 1 aliphatic rings. The summed E-state index contributed by atoms with van der Waals surface area (Å²) in [5, 5.41) is 22.7. The highest BCUT2D eigenvalue weighted by Gasteiger charge is 2.33. The summed E-state index contributed by atoms with van der Waals surface area (Å²) in [6.45, 7) is 1.83. The zero-order chi connectivity index (χ0) is 19.1. The molecule has 1 aromatic carbocycles. The van der Waals surface area contributed by atoms with E-state index in [0.29, 0.717) is 17.3 Å². The summed E-state index contributed by atoms with van der Waals surface area (Å²) in [5.41, 5.74) is 2.23. The number of carboxylic acids is 1. The quantitative estimate of drug-likeness (QED) is 0.644. The molecule has 0 unspecified atom stereocenters. The van der Waals surface area contributed by atoms with Gasteiger partial charge in [-0.05, 0) is 30.7 Å². The first kappa shape index (κ1) is 16.7. The first-order valence-electron chi connectivity index (χ1n) is 8.23. The van der Waals surface area contributed by atoms with Gasteiger partial charge in [0.05, 0.1) is 11.3 Å². The van der Waals surface area contributed by atoms with Crippen LogP contribution >= 0.6 is 0 Å². The van der Waals surface area contributed by atoms with Crippen molar-refractivity contribution in [1.82, 2.24) is 20.0 Å². The topological polar surface area (TPSA) is 130 Å². The third-order valence-corrected chi connectivity index (χ3v) is 4.54. The molecule has 4 rings (SSSR count). The minimum Gasteiger partial charge on any atom is -0.478 e. The Bertz CT molecular complexity index is 1090. The molecule has 1 aliphatic heterocycles. The standard InChI is InChI=1S/C18H15N5O4/c1-9-16-12(10-2-4-11(5-3-10)18(26)27)8-15(25)19-17(16)23(22-9)13-6-7-14(24)21-20-13/h2-7,12H,8H2,1H3,(H,19,25)(H,21,24)(H,26,27)/t12-/m0/s1. The van der Waals surface area contributed by atoms with Crippen molar-refractivity contribution in [3.05, 3.63) is 69.1 Å². The van der Waals surface area contributed by atoms with Crippen LogP contribution in [0.1, 0.15) is 39.5 Å². The Hall–Kier alpha value is -3.75. The van der Waals surface area contributed by atoms with Crippen LogP contribution in [0.3, 0.4) is 0 Å². The average molecular weight is 365 g/mol. The molecular weight excluding hydrogens is 350 g/mol. The van der Waals surface area contributed by atoms with Crippen LogP contribution in [-0.4, -0.2) is 37.0 Å². The van der Waals surface area contributed by atoms with Crippen LogP contribution in [0, 0.1) is 6.92 Å². The van der Waals surface area contributed by atoms with Crippen LogP contribution < -0.4 is 10.9 Å². The lowest BCUT2D eigenvalue weighted by Gasteiger charge is -2.24. The molecule has 136 valence electrons. The molecule has 0 bridgehead atoms. The Morgan fingerprint density at radius 2 is 1.93 bits per heavy atom. The van der Waals surface area contributed by atoms with Gasteiger partial charge in [0.2, 0.25) is 5.91 Å². The summed E-state index contributed by atoms with van der Waals surface area (Å²) in [7, 11) is 0. The lowest BCUT2D eigenvalue weighted by atomic mass is 9.85. The molecule has 0 saturated heterocycles. The summed E-state index contributed by atoms with van der Waals surface area (Å²) in [4.78, 5) is 34.6. The number of hydrogen-bond donors (Lipinski definition) is 3. The highest BCUT2D eigenvalue weighted by Crippen LogP contribution is 2.39. The second-order valence-corrected chi connectivity index (χ2v) is 6.27. The number of carbonyl (C=O) groups excluding carboxylic acids is 1. The summed E-state index contributed by atoms with van der Waals surface area (Å²) in [6.07, 6.45) is 0.227. The number of anilines is 1. The van der Waals surface area contributed by atoms with Crippen molar-refractivity contribution in [1.29, 1.82) is 0 Å². The number of nitrogens with one attached hydrogen (secondary N) is 2. The van der Waals surface area contributed by atoms with Gasteiger partial charge in [0, 0.05) is 24.0 Å². The maximum Gasteiger partial charge on any atom is 0.335 e. The molecule has 27 heavy (non-hydrogen) atoms. The second kappa shape index (κ2) is 6.20. The van der Waals surface area contributed by atoms with E-state index in [4.69, 9.17) is 5.11 Å². The van der Waals surface area contributed by atoms with Crippen molar-refractivity contribution >= 4 is 17.7 Å². The lowest BCUT2D eigenvalue weighted by molar-refractivity contribution is -0.116. The molecule has 1 atom stereocenters. The van der Waals surface area contributed by atoms with Gasteiger partial charge in [-0.25, -0.2) is 9.89 Å². The van der Waals surface area contributed by atoms with E-state index >= 15 is 0 Å². The molecule has 0 fully saturated rings. The minimum absolute atomic E-state index is 0.180. The Kier molecular flexibility index (Phi) is 3.84. The van der Waals surface area contributed by atoms with E-state index < -0.39 is 5.97 Å². The number of rotatable bonds is 3. The zero-order valence-corrected chi connectivity index (χ0v) is 14.3. The molecule has 0 aliphatic carbocycles. The van der Waals surface area contributed by atoms with Gasteiger partial charge in [0.1, 0.15) is 5.82 Å². The van der Waals surface area contributed by atoms with Crippen LogP contribution in [0.25, 0.3) is 5.82 Å². The molecule has 0 spiro atoms. The van der Waals surface area contributed by atoms with Gasteiger partial charge >= 0.3 is 5.97 Å². The molecule has 0 saturated carbocycles. The van der Waals surface area contributed by atoms with Gasteiger partial charge in [-0.1, -0.05) is 12.1 Å². The number of aromatic nitrogens is 4. The Morgan fingerprint density at radius 3 is 2.56 bits per heavy atom. The number of amides is 1. The van der Waals surface area contributed by atoms with E-state index in [1.54, 1.807) is 12.1 Å². The average Bonchev–Trinajstić information content (AvgIpc) is 2.98. The van der Waals surface area contributed by atoms with Gasteiger partial charge in [0.25, 0.3) is 5.56 Å². The molecule has 9 nitrogen and oxygen atoms in total. The predicted octanol–water partition coefficient (Wildman–Crippen LogP) is 1.44. The lowest BCUT2D eigenvalue weighted by Crippen LogP contribution is -2.25. The second-order valence-electron chi connectivity index (χ2n) is 6.27. The van der Waals surface area contributed by atoms with Crippen molar-refractivity contribution in [3.8, 4) is 5.82 Å². The van der Waals surface area contributed by atoms with Crippen molar-refractivity contribution in [2.75, 3.05) is 5.32 Å². The number of carbonyl (C=O) groups is 2.